The molecule has 3 heterocycles. The summed E-state index contributed by atoms with van der Waals surface area (Å²) in [6.45, 7) is 5.04. The van der Waals surface area contributed by atoms with E-state index < -0.39 is 0 Å². The molecule has 1 saturated heterocycles. The van der Waals surface area contributed by atoms with E-state index >= 15 is 0 Å². The summed E-state index contributed by atoms with van der Waals surface area (Å²) in [6.07, 6.45) is 0.756. The lowest BCUT2D eigenvalue weighted by atomic mass is 10.0. The molecule has 2 N–H and O–H groups in total. The number of carbonyl (C=O) groups excluding carboxylic acids is 2. The number of piperazine rings is 1. The Balaban J connectivity index is 1.19. The summed E-state index contributed by atoms with van der Waals surface area (Å²) in [5.41, 5.74) is 8.79. The van der Waals surface area contributed by atoms with Crippen molar-refractivity contribution in [1.29, 1.82) is 0 Å². The Kier molecular flexibility index (Phi) is 8.83. The van der Waals surface area contributed by atoms with Gasteiger partial charge in [-0.05, 0) is 36.8 Å². The molecular weight excluding hydrogens is 540 g/mol. The van der Waals surface area contributed by atoms with Crippen LogP contribution < -0.4 is 29.6 Å². The number of nitrogens with two attached hydrogens (primary N) is 1. The molecule has 5 rings (SSSR count). The number of rotatable bonds is 10. The van der Waals surface area contributed by atoms with Gasteiger partial charge in [0.15, 0.2) is 11.5 Å². The molecule has 0 spiro atoms. The van der Waals surface area contributed by atoms with E-state index in [-0.39, 0.29) is 29.7 Å². The van der Waals surface area contributed by atoms with Crippen molar-refractivity contribution in [3.63, 3.8) is 0 Å². The standard InChI is InChI=1S/C30H38N6O6/c1-39-22-8-6-21(7-9-22)35-14-11-23-26(30(35)38)36(32-29(23)31)25(37)12-13-33-15-17-34(18-16-33)19-20-5-10-24(40-2)28(42-4)27(20)41-3/h5-10H,11-19H2,1-4H3,(H2,31,32). The van der Waals surface area contributed by atoms with E-state index in [0.29, 0.717) is 54.6 Å². The Morgan fingerprint density at radius 2 is 1.55 bits per heavy atom. The quantitative estimate of drug-likeness (QED) is 0.384. The highest BCUT2D eigenvalue weighted by Gasteiger charge is 2.34. The Hall–Kier alpha value is -4.29. The van der Waals surface area contributed by atoms with Gasteiger partial charge >= 0.3 is 0 Å². The highest BCUT2D eigenvalue weighted by Crippen LogP contribution is 2.40. The molecule has 2 aliphatic heterocycles. The molecule has 2 aliphatic rings. The molecule has 0 atom stereocenters. The minimum absolute atomic E-state index is 0.229. The molecule has 3 aromatic rings. The van der Waals surface area contributed by atoms with E-state index in [4.69, 9.17) is 24.7 Å². The van der Waals surface area contributed by atoms with E-state index in [1.807, 2.05) is 24.3 Å². The van der Waals surface area contributed by atoms with Crippen molar-refractivity contribution in [2.45, 2.75) is 19.4 Å². The third kappa shape index (κ3) is 5.72. The lowest BCUT2D eigenvalue weighted by Crippen LogP contribution is -2.46. The first-order chi connectivity index (χ1) is 20.4. The molecule has 1 aromatic heterocycles. The third-order valence-electron chi connectivity index (χ3n) is 7.95. The fourth-order valence-corrected chi connectivity index (χ4v) is 5.63. The van der Waals surface area contributed by atoms with Crippen molar-refractivity contribution < 1.29 is 28.5 Å². The predicted molar refractivity (Wildman–Crippen MR) is 158 cm³/mol. The number of fused-ring (bicyclic) bond motifs is 1. The number of aromatic nitrogens is 2. The molecule has 0 saturated carbocycles. The van der Waals surface area contributed by atoms with E-state index in [2.05, 4.69) is 14.9 Å². The molecule has 0 radical (unpaired) electrons. The molecule has 0 aliphatic carbocycles. The van der Waals surface area contributed by atoms with Gasteiger partial charge < -0.3 is 34.5 Å². The van der Waals surface area contributed by atoms with Crippen LogP contribution in [0.5, 0.6) is 23.0 Å². The van der Waals surface area contributed by atoms with Crippen LogP contribution in [0.2, 0.25) is 0 Å². The summed E-state index contributed by atoms with van der Waals surface area (Å²) >= 11 is 0. The number of methoxy groups -OCH3 is 4. The van der Waals surface area contributed by atoms with Crippen molar-refractivity contribution in [2.24, 2.45) is 0 Å². The number of nitrogen functional groups attached to an aromatic ring is 1. The normalized spacial score (nSPS) is 15.8. The molecule has 42 heavy (non-hydrogen) atoms. The maximum atomic E-state index is 13.5. The first kappa shape index (κ1) is 29.2. The third-order valence-corrected chi connectivity index (χ3v) is 7.95. The topological polar surface area (TPSA) is 125 Å². The van der Waals surface area contributed by atoms with Crippen molar-refractivity contribution in [1.82, 2.24) is 19.6 Å². The van der Waals surface area contributed by atoms with Gasteiger partial charge in [-0.25, -0.2) is 0 Å². The minimum Gasteiger partial charge on any atom is -0.497 e. The van der Waals surface area contributed by atoms with Crippen molar-refractivity contribution in [3.8, 4) is 23.0 Å². The van der Waals surface area contributed by atoms with Crippen LogP contribution in [0.1, 0.15) is 32.8 Å². The van der Waals surface area contributed by atoms with E-state index in [1.165, 1.54) is 4.68 Å². The van der Waals surface area contributed by atoms with Gasteiger partial charge in [-0.3, -0.25) is 14.5 Å². The SMILES string of the molecule is COc1ccc(N2CCc3c(N)nn(C(=O)CCN4CCN(Cc5ccc(OC)c(OC)c5OC)CC4)c3C2=O)cc1. The van der Waals surface area contributed by atoms with E-state index in [0.717, 1.165) is 37.4 Å². The lowest BCUT2D eigenvalue weighted by Gasteiger charge is -2.35. The number of nitrogens with zero attached hydrogens (tertiary/aromatic N) is 5. The van der Waals surface area contributed by atoms with Crippen LogP contribution in [0.3, 0.4) is 0 Å². The maximum Gasteiger partial charge on any atom is 0.277 e. The molecular formula is C30H38N6O6. The molecule has 0 bridgehead atoms. The van der Waals surface area contributed by atoms with Gasteiger partial charge in [0.2, 0.25) is 11.7 Å². The van der Waals surface area contributed by atoms with Crippen molar-refractivity contribution in [3.05, 3.63) is 53.2 Å². The maximum absolute atomic E-state index is 13.5. The molecule has 2 aromatic carbocycles. The first-order valence-electron chi connectivity index (χ1n) is 14.0. The van der Waals surface area contributed by atoms with Crippen LogP contribution in [0, 0.1) is 0 Å². The van der Waals surface area contributed by atoms with Crippen molar-refractivity contribution >= 4 is 23.3 Å². The summed E-state index contributed by atoms with van der Waals surface area (Å²) in [7, 11) is 6.43. The molecule has 1 fully saturated rings. The minimum atomic E-state index is -0.279. The van der Waals surface area contributed by atoms with Crippen LogP contribution >= 0.6 is 0 Å². The average Bonchev–Trinajstić information content (AvgIpc) is 3.37. The second-order valence-electron chi connectivity index (χ2n) is 10.3. The van der Waals surface area contributed by atoms with Gasteiger partial charge in [0.1, 0.15) is 17.3 Å². The summed E-state index contributed by atoms with van der Waals surface area (Å²) in [6, 6.07) is 11.2. The van der Waals surface area contributed by atoms with Gasteiger partial charge in [0, 0.05) is 69.0 Å². The van der Waals surface area contributed by atoms with E-state index in [9.17, 15) is 9.59 Å². The smallest absolute Gasteiger partial charge is 0.277 e. The highest BCUT2D eigenvalue weighted by atomic mass is 16.5. The summed E-state index contributed by atoms with van der Waals surface area (Å²) in [5, 5.41) is 4.28. The summed E-state index contributed by atoms with van der Waals surface area (Å²) < 4.78 is 23.0. The van der Waals surface area contributed by atoms with Gasteiger partial charge in [0.25, 0.3) is 5.91 Å². The second kappa shape index (κ2) is 12.7. The number of hydrogen-bond donors (Lipinski definition) is 1. The van der Waals surface area contributed by atoms with Gasteiger partial charge in [-0.2, -0.15) is 4.68 Å². The molecule has 0 unspecified atom stereocenters. The van der Waals surface area contributed by atoms with Crippen molar-refractivity contribution in [2.75, 3.05) is 78.3 Å². The van der Waals surface area contributed by atoms with E-state index in [1.54, 1.807) is 45.5 Å². The Morgan fingerprint density at radius 3 is 2.19 bits per heavy atom. The molecule has 12 heteroatoms. The number of ether oxygens (including phenoxy) is 4. The van der Waals surface area contributed by atoms with Gasteiger partial charge in [-0.1, -0.05) is 6.07 Å². The first-order valence-corrected chi connectivity index (χ1v) is 14.0. The zero-order valence-electron chi connectivity index (χ0n) is 24.6. The summed E-state index contributed by atoms with van der Waals surface area (Å²) in [4.78, 5) is 33.1. The fraction of sp³-hybridized carbons (Fsp3) is 0.433. The van der Waals surface area contributed by atoms with Crippen LogP contribution in [-0.4, -0.2) is 99.1 Å². The Labute approximate surface area is 245 Å². The molecule has 1 amide bonds. The predicted octanol–water partition coefficient (Wildman–Crippen LogP) is 2.55. The molecule has 12 nitrogen and oxygen atoms in total. The van der Waals surface area contributed by atoms with Crippen LogP contribution in [-0.2, 0) is 13.0 Å². The Morgan fingerprint density at radius 1 is 0.857 bits per heavy atom. The van der Waals surface area contributed by atoms with Crippen LogP contribution in [0.25, 0.3) is 0 Å². The number of carbonyl (C=O) groups is 2. The highest BCUT2D eigenvalue weighted by molar-refractivity contribution is 6.09. The number of amides is 1. The van der Waals surface area contributed by atoms with Gasteiger partial charge in [-0.15, -0.1) is 5.10 Å². The number of anilines is 2. The lowest BCUT2D eigenvalue weighted by molar-refractivity contribution is 0.0812. The molecule has 224 valence electrons. The van der Waals surface area contributed by atoms with Crippen LogP contribution in [0.15, 0.2) is 36.4 Å². The average molecular weight is 579 g/mol. The Bertz CT molecular complexity index is 1430. The van der Waals surface area contributed by atoms with Crippen LogP contribution in [0.4, 0.5) is 11.5 Å². The zero-order chi connectivity index (χ0) is 29.8. The fourth-order valence-electron chi connectivity index (χ4n) is 5.63. The second-order valence-corrected chi connectivity index (χ2v) is 10.3. The number of benzene rings is 2. The monoisotopic (exact) mass is 578 g/mol. The number of hydrogen-bond acceptors (Lipinski definition) is 10. The van der Waals surface area contributed by atoms with Gasteiger partial charge in [0.05, 0.1) is 28.4 Å². The zero-order valence-corrected chi connectivity index (χ0v) is 24.6. The summed E-state index contributed by atoms with van der Waals surface area (Å²) in [5.74, 6) is 2.30. The largest absolute Gasteiger partial charge is 0.497 e.